The molecular formula is C12H17NO. The Morgan fingerprint density at radius 2 is 2.07 bits per heavy atom. The summed E-state index contributed by atoms with van der Waals surface area (Å²) in [5.41, 5.74) is 9.55. The van der Waals surface area contributed by atoms with Gasteiger partial charge in [0.1, 0.15) is 0 Å². The lowest BCUT2D eigenvalue weighted by molar-refractivity contribution is 0.112. The van der Waals surface area contributed by atoms with Crippen molar-refractivity contribution in [3.8, 4) is 0 Å². The Balaban J connectivity index is 3.38. The van der Waals surface area contributed by atoms with Crippen molar-refractivity contribution >= 4 is 12.0 Å². The van der Waals surface area contributed by atoms with Gasteiger partial charge in [-0.25, -0.2) is 0 Å². The highest BCUT2D eigenvalue weighted by Gasteiger charge is 2.12. The standard InChI is InChI=1S/C12H17NO/c1-4-9-5-6-10(7-14)12(13)11(9)8(2)3/h5-8H,4,13H2,1-3H3. The summed E-state index contributed by atoms with van der Waals surface area (Å²) in [6, 6.07) is 3.79. The summed E-state index contributed by atoms with van der Waals surface area (Å²) in [5.74, 6) is 0.366. The largest absolute Gasteiger partial charge is 0.398 e. The van der Waals surface area contributed by atoms with Crippen LogP contribution in [-0.4, -0.2) is 6.29 Å². The molecule has 1 aromatic carbocycles. The number of hydrogen-bond acceptors (Lipinski definition) is 2. The molecule has 0 unspecified atom stereocenters. The second kappa shape index (κ2) is 4.27. The van der Waals surface area contributed by atoms with Gasteiger partial charge in [-0.1, -0.05) is 26.8 Å². The first-order valence-corrected chi connectivity index (χ1v) is 4.98. The van der Waals surface area contributed by atoms with Gasteiger partial charge in [0.15, 0.2) is 6.29 Å². The second-order valence-electron chi connectivity index (χ2n) is 3.77. The van der Waals surface area contributed by atoms with E-state index in [1.54, 1.807) is 6.07 Å². The number of carbonyl (C=O) groups excluding carboxylic acids is 1. The molecule has 2 N–H and O–H groups in total. The SMILES string of the molecule is CCc1ccc(C=O)c(N)c1C(C)C. The van der Waals surface area contributed by atoms with Crippen LogP contribution in [0.25, 0.3) is 0 Å². The van der Waals surface area contributed by atoms with Gasteiger partial charge in [0.05, 0.1) is 0 Å². The average molecular weight is 191 g/mol. The van der Waals surface area contributed by atoms with E-state index < -0.39 is 0 Å². The molecule has 2 heteroatoms. The smallest absolute Gasteiger partial charge is 0.152 e. The van der Waals surface area contributed by atoms with Crippen LogP contribution >= 0.6 is 0 Å². The molecule has 0 spiro atoms. The quantitative estimate of drug-likeness (QED) is 0.589. The highest BCUT2D eigenvalue weighted by Crippen LogP contribution is 2.28. The predicted octanol–water partition coefficient (Wildman–Crippen LogP) is 2.77. The fourth-order valence-corrected chi connectivity index (χ4v) is 1.79. The Kier molecular flexibility index (Phi) is 3.28. The lowest BCUT2D eigenvalue weighted by Gasteiger charge is -2.15. The van der Waals surface area contributed by atoms with E-state index in [4.69, 9.17) is 5.73 Å². The first kappa shape index (κ1) is 10.8. The van der Waals surface area contributed by atoms with E-state index >= 15 is 0 Å². The molecule has 0 bridgehead atoms. The molecule has 2 nitrogen and oxygen atoms in total. The van der Waals surface area contributed by atoms with E-state index in [1.807, 2.05) is 6.07 Å². The van der Waals surface area contributed by atoms with Gasteiger partial charge in [-0.15, -0.1) is 0 Å². The van der Waals surface area contributed by atoms with Gasteiger partial charge in [-0.2, -0.15) is 0 Å². The van der Waals surface area contributed by atoms with E-state index in [0.717, 1.165) is 18.3 Å². The zero-order chi connectivity index (χ0) is 10.7. The third-order valence-corrected chi connectivity index (χ3v) is 2.50. The summed E-state index contributed by atoms with van der Waals surface area (Å²) >= 11 is 0. The summed E-state index contributed by atoms with van der Waals surface area (Å²) in [4.78, 5) is 10.7. The number of anilines is 1. The monoisotopic (exact) mass is 191 g/mol. The molecule has 14 heavy (non-hydrogen) atoms. The van der Waals surface area contributed by atoms with Gasteiger partial charge in [-0.05, 0) is 29.5 Å². The first-order valence-electron chi connectivity index (χ1n) is 4.98. The molecule has 0 aliphatic rings. The maximum Gasteiger partial charge on any atom is 0.152 e. The van der Waals surface area contributed by atoms with Crippen LogP contribution in [0.2, 0.25) is 0 Å². The molecule has 0 aliphatic heterocycles. The van der Waals surface area contributed by atoms with Crippen LogP contribution in [0, 0.1) is 0 Å². The van der Waals surface area contributed by atoms with E-state index in [0.29, 0.717) is 17.2 Å². The molecule has 0 amide bonds. The van der Waals surface area contributed by atoms with Crippen molar-refractivity contribution in [2.45, 2.75) is 33.1 Å². The summed E-state index contributed by atoms with van der Waals surface area (Å²) in [6.07, 6.45) is 1.78. The van der Waals surface area contributed by atoms with Crippen LogP contribution in [0.4, 0.5) is 5.69 Å². The maximum absolute atomic E-state index is 10.7. The van der Waals surface area contributed by atoms with Crippen LogP contribution in [-0.2, 0) is 6.42 Å². The molecule has 1 aromatic rings. The lowest BCUT2D eigenvalue weighted by Crippen LogP contribution is -2.04. The second-order valence-corrected chi connectivity index (χ2v) is 3.77. The van der Waals surface area contributed by atoms with Crippen molar-refractivity contribution in [3.05, 3.63) is 28.8 Å². The Morgan fingerprint density at radius 1 is 1.43 bits per heavy atom. The van der Waals surface area contributed by atoms with Crippen molar-refractivity contribution < 1.29 is 4.79 Å². The highest BCUT2D eigenvalue weighted by atomic mass is 16.1. The predicted molar refractivity (Wildman–Crippen MR) is 59.7 cm³/mol. The number of hydrogen-bond donors (Lipinski definition) is 1. The Labute approximate surface area is 85.1 Å². The molecular weight excluding hydrogens is 174 g/mol. The van der Waals surface area contributed by atoms with Crippen molar-refractivity contribution in [1.82, 2.24) is 0 Å². The minimum Gasteiger partial charge on any atom is -0.398 e. The minimum absolute atomic E-state index is 0.366. The zero-order valence-electron chi connectivity index (χ0n) is 9.00. The van der Waals surface area contributed by atoms with Gasteiger partial charge in [0, 0.05) is 11.3 Å². The fraction of sp³-hybridized carbons (Fsp3) is 0.417. The number of benzene rings is 1. The number of nitrogens with two attached hydrogens (primary N) is 1. The van der Waals surface area contributed by atoms with Crippen molar-refractivity contribution in [1.29, 1.82) is 0 Å². The van der Waals surface area contributed by atoms with E-state index in [1.165, 1.54) is 5.56 Å². The van der Waals surface area contributed by atoms with E-state index in [2.05, 4.69) is 20.8 Å². The van der Waals surface area contributed by atoms with Gasteiger partial charge >= 0.3 is 0 Å². The maximum atomic E-state index is 10.7. The Morgan fingerprint density at radius 3 is 2.50 bits per heavy atom. The molecule has 0 aromatic heterocycles. The fourth-order valence-electron chi connectivity index (χ4n) is 1.79. The first-order chi connectivity index (χ1) is 6.61. The molecule has 0 saturated heterocycles. The van der Waals surface area contributed by atoms with Gasteiger partial charge in [0.2, 0.25) is 0 Å². The minimum atomic E-state index is 0.366. The summed E-state index contributed by atoms with van der Waals surface area (Å²) in [5, 5.41) is 0. The van der Waals surface area contributed by atoms with Crippen LogP contribution in [0.15, 0.2) is 12.1 Å². The van der Waals surface area contributed by atoms with Crippen molar-refractivity contribution in [2.75, 3.05) is 5.73 Å². The molecule has 0 heterocycles. The van der Waals surface area contributed by atoms with E-state index in [-0.39, 0.29) is 0 Å². The van der Waals surface area contributed by atoms with E-state index in [9.17, 15) is 4.79 Å². The summed E-state index contributed by atoms with van der Waals surface area (Å²) in [7, 11) is 0. The number of carbonyl (C=O) groups is 1. The zero-order valence-corrected chi connectivity index (χ0v) is 9.00. The van der Waals surface area contributed by atoms with Crippen LogP contribution in [0.5, 0.6) is 0 Å². The van der Waals surface area contributed by atoms with Crippen LogP contribution in [0.1, 0.15) is 48.2 Å². The molecule has 0 radical (unpaired) electrons. The molecule has 0 aliphatic carbocycles. The van der Waals surface area contributed by atoms with Gasteiger partial charge < -0.3 is 5.73 Å². The molecule has 0 fully saturated rings. The number of aryl methyl sites for hydroxylation is 1. The number of aldehydes is 1. The van der Waals surface area contributed by atoms with Crippen LogP contribution in [0.3, 0.4) is 0 Å². The molecule has 76 valence electrons. The van der Waals surface area contributed by atoms with Gasteiger partial charge in [-0.3, -0.25) is 4.79 Å². The Hall–Kier alpha value is -1.31. The molecule has 0 saturated carbocycles. The normalized spacial score (nSPS) is 10.6. The van der Waals surface area contributed by atoms with Crippen molar-refractivity contribution in [3.63, 3.8) is 0 Å². The number of nitrogen functional groups attached to an aromatic ring is 1. The van der Waals surface area contributed by atoms with Crippen LogP contribution < -0.4 is 5.73 Å². The highest BCUT2D eigenvalue weighted by molar-refractivity contribution is 5.85. The topological polar surface area (TPSA) is 43.1 Å². The third-order valence-electron chi connectivity index (χ3n) is 2.50. The summed E-state index contributed by atoms with van der Waals surface area (Å²) < 4.78 is 0. The molecule has 1 rings (SSSR count). The average Bonchev–Trinajstić information content (AvgIpc) is 2.16. The Bertz CT molecular complexity index is 342. The van der Waals surface area contributed by atoms with Crippen molar-refractivity contribution in [2.24, 2.45) is 0 Å². The summed E-state index contributed by atoms with van der Waals surface area (Å²) in [6.45, 7) is 6.29. The third kappa shape index (κ3) is 1.79. The molecule has 0 atom stereocenters. The van der Waals surface area contributed by atoms with Gasteiger partial charge in [0.25, 0.3) is 0 Å². The lowest BCUT2D eigenvalue weighted by atomic mass is 9.92. The number of rotatable bonds is 3.